The molecule has 0 unspecified atom stereocenters. The van der Waals surface area contributed by atoms with E-state index in [9.17, 15) is 9.59 Å². The molecule has 0 radical (unpaired) electrons. The number of hydrogen-bond acceptors (Lipinski definition) is 4. The summed E-state index contributed by atoms with van der Waals surface area (Å²) in [5.74, 6) is -0.442. The van der Waals surface area contributed by atoms with Gasteiger partial charge < -0.3 is 9.72 Å². The van der Waals surface area contributed by atoms with Crippen LogP contribution in [-0.2, 0) is 16.1 Å². The molecule has 2 aromatic rings. The lowest BCUT2D eigenvalue weighted by atomic mass is 10.4. The summed E-state index contributed by atoms with van der Waals surface area (Å²) in [7, 11) is 0. The van der Waals surface area contributed by atoms with E-state index in [2.05, 4.69) is 9.97 Å². The highest BCUT2D eigenvalue weighted by Crippen LogP contribution is 2.06. The normalized spacial score (nSPS) is 10.7. The second-order valence-electron chi connectivity index (χ2n) is 3.70. The van der Waals surface area contributed by atoms with Gasteiger partial charge >= 0.3 is 5.97 Å². The molecule has 0 saturated carbocycles. The van der Waals surface area contributed by atoms with Gasteiger partial charge in [-0.25, -0.2) is 4.98 Å². The number of ether oxygens (including phenoxy) is 1. The van der Waals surface area contributed by atoms with Crippen molar-refractivity contribution in [3.63, 3.8) is 0 Å². The summed E-state index contributed by atoms with van der Waals surface area (Å²) < 4.78 is 6.03. The third kappa shape index (κ3) is 2.20. The molecule has 0 amide bonds. The third-order valence-corrected chi connectivity index (χ3v) is 2.35. The molecule has 2 rings (SSSR count). The Morgan fingerprint density at radius 2 is 2.35 bits per heavy atom. The number of rotatable bonds is 3. The van der Waals surface area contributed by atoms with Gasteiger partial charge in [-0.1, -0.05) is 0 Å². The minimum atomic E-state index is -0.442. The number of carbonyl (C=O) groups excluding carboxylic acids is 1. The van der Waals surface area contributed by atoms with E-state index in [1.54, 1.807) is 13.0 Å². The average molecular weight is 235 g/mol. The van der Waals surface area contributed by atoms with Crippen LogP contribution in [0.15, 0.2) is 17.2 Å². The monoisotopic (exact) mass is 235 g/mol. The van der Waals surface area contributed by atoms with Crippen LogP contribution in [0.4, 0.5) is 0 Å². The number of nitrogens with zero attached hydrogens (tertiary/aromatic N) is 2. The van der Waals surface area contributed by atoms with E-state index in [4.69, 9.17) is 4.74 Å². The lowest BCUT2D eigenvalue weighted by Gasteiger charge is -2.04. The van der Waals surface area contributed by atoms with Crippen molar-refractivity contribution >= 4 is 17.0 Å². The van der Waals surface area contributed by atoms with Crippen molar-refractivity contribution in [2.75, 3.05) is 6.61 Å². The largest absolute Gasteiger partial charge is 0.465 e. The summed E-state index contributed by atoms with van der Waals surface area (Å²) in [5.41, 5.74) is 1.15. The summed E-state index contributed by atoms with van der Waals surface area (Å²) in [6, 6.07) is 1.71. The molecule has 0 aliphatic heterocycles. The van der Waals surface area contributed by atoms with Crippen molar-refractivity contribution in [2.45, 2.75) is 20.4 Å². The van der Waals surface area contributed by atoms with Crippen LogP contribution in [0, 0.1) is 6.92 Å². The number of aromatic nitrogens is 3. The van der Waals surface area contributed by atoms with Gasteiger partial charge in [0.15, 0.2) is 0 Å². The molecule has 0 saturated heterocycles. The van der Waals surface area contributed by atoms with Crippen LogP contribution in [0.2, 0.25) is 0 Å². The van der Waals surface area contributed by atoms with Gasteiger partial charge in [-0.2, -0.15) is 0 Å². The summed E-state index contributed by atoms with van der Waals surface area (Å²) in [6.45, 7) is 3.75. The zero-order valence-corrected chi connectivity index (χ0v) is 9.69. The SMILES string of the molecule is CCOC(=O)Cn1cnc2[nH]c(C)cc2c1=O. The number of hydrogen-bond donors (Lipinski definition) is 1. The summed E-state index contributed by atoms with van der Waals surface area (Å²) in [6.07, 6.45) is 1.34. The third-order valence-electron chi connectivity index (χ3n) is 2.35. The number of aryl methyl sites for hydroxylation is 1. The lowest BCUT2D eigenvalue weighted by molar-refractivity contribution is -0.143. The zero-order chi connectivity index (χ0) is 12.4. The molecule has 0 aromatic carbocycles. The molecule has 6 heteroatoms. The van der Waals surface area contributed by atoms with Crippen LogP contribution in [0.1, 0.15) is 12.6 Å². The average Bonchev–Trinajstić information content (AvgIpc) is 2.64. The molecule has 0 atom stereocenters. The van der Waals surface area contributed by atoms with Crippen LogP contribution < -0.4 is 5.56 Å². The number of carbonyl (C=O) groups is 1. The van der Waals surface area contributed by atoms with Gasteiger partial charge in [0.25, 0.3) is 5.56 Å². The highest BCUT2D eigenvalue weighted by atomic mass is 16.5. The molecule has 0 fully saturated rings. The lowest BCUT2D eigenvalue weighted by Crippen LogP contribution is -2.25. The maximum Gasteiger partial charge on any atom is 0.326 e. The molecular formula is C11H13N3O3. The minimum Gasteiger partial charge on any atom is -0.465 e. The zero-order valence-electron chi connectivity index (χ0n) is 9.69. The van der Waals surface area contributed by atoms with Gasteiger partial charge in [0.05, 0.1) is 12.0 Å². The Kier molecular flexibility index (Phi) is 2.95. The Hall–Kier alpha value is -2.11. The Labute approximate surface area is 97.2 Å². The maximum absolute atomic E-state index is 12.0. The number of aromatic amines is 1. The Bertz CT molecular complexity index is 612. The van der Waals surface area contributed by atoms with Gasteiger partial charge in [0.1, 0.15) is 18.5 Å². The molecule has 2 heterocycles. The Morgan fingerprint density at radius 1 is 1.59 bits per heavy atom. The first kappa shape index (κ1) is 11.4. The fourth-order valence-corrected chi connectivity index (χ4v) is 1.63. The van der Waals surface area contributed by atoms with Gasteiger partial charge in [-0.05, 0) is 19.9 Å². The molecule has 6 nitrogen and oxygen atoms in total. The second-order valence-corrected chi connectivity index (χ2v) is 3.70. The number of fused-ring (bicyclic) bond motifs is 1. The first-order chi connectivity index (χ1) is 8.11. The highest BCUT2D eigenvalue weighted by molar-refractivity contribution is 5.75. The van der Waals surface area contributed by atoms with Crippen LogP contribution >= 0.6 is 0 Å². The predicted molar refractivity (Wildman–Crippen MR) is 61.7 cm³/mol. The standard InChI is InChI=1S/C11H13N3O3/c1-3-17-9(15)5-14-6-12-10-8(11(14)16)4-7(2)13-10/h4,6,13H,3,5H2,1-2H3. The van der Waals surface area contributed by atoms with E-state index in [1.807, 2.05) is 6.92 Å². The van der Waals surface area contributed by atoms with E-state index in [-0.39, 0.29) is 12.1 Å². The van der Waals surface area contributed by atoms with Gasteiger partial charge in [-0.3, -0.25) is 14.2 Å². The molecule has 1 N–H and O–H groups in total. The number of esters is 1. The van der Waals surface area contributed by atoms with Gasteiger partial charge in [0.2, 0.25) is 0 Å². The number of H-pyrrole nitrogens is 1. The second kappa shape index (κ2) is 4.40. The molecule has 0 spiro atoms. The first-order valence-electron chi connectivity index (χ1n) is 5.32. The van der Waals surface area contributed by atoms with E-state index < -0.39 is 5.97 Å². The molecule has 17 heavy (non-hydrogen) atoms. The van der Waals surface area contributed by atoms with E-state index in [0.717, 1.165) is 5.69 Å². The maximum atomic E-state index is 12.0. The molecular weight excluding hydrogens is 222 g/mol. The van der Waals surface area contributed by atoms with Crippen molar-refractivity contribution in [1.29, 1.82) is 0 Å². The smallest absolute Gasteiger partial charge is 0.326 e. The van der Waals surface area contributed by atoms with Crippen molar-refractivity contribution in [3.8, 4) is 0 Å². The summed E-state index contributed by atoms with van der Waals surface area (Å²) in [4.78, 5) is 30.3. The van der Waals surface area contributed by atoms with E-state index in [1.165, 1.54) is 10.9 Å². The number of nitrogens with one attached hydrogen (secondary N) is 1. The van der Waals surface area contributed by atoms with Crippen molar-refractivity contribution in [2.24, 2.45) is 0 Å². The fraction of sp³-hybridized carbons (Fsp3) is 0.364. The molecule has 0 aliphatic rings. The summed E-state index contributed by atoms with van der Waals surface area (Å²) >= 11 is 0. The molecule has 0 bridgehead atoms. The van der Waals surface area contributed by atoms with Crippen LogP contribution in [0.3, 0.4) is 0 Å². The minimum absolute atomic E-state index is 0.111. The molecule has 0 aliphatic carbocycles. The van der Waals surface area contributed by atoms with Gasteiger partial charge in [0, 0.05) is 5.69 Å². The molecule has 2 aromatic heterocycles. The quantitative estimate of drug-likeness (QED) is 0.790. The first-order valence-corrected chi connectivity index (χ1v) is 5.32. The van der Waals surface area contributed by atoms with Crippen LogP contribution in [0.25, 0.3) is 11.0 Å². The topological polar surface area (TPSA) is 77.0 Å². The van der Waals surface area contributed by atoms with Gasteiger partial charge in [-0.15, -0.1) is 0 Å². The Morgan fingerprint density at radius 3 is 3.06 bits per heavy atom. The van der Waals surface area contributed by atoms with E-state index in [0.29, 0.717) is 17.6 Å². The van der Waals surface area contributed by atoms with E-state index >= 15 is 0 Å². The Balaban J connectivity index is 2.39. The highest BCUT2D eigenvalue weighted by Gasteiger charge is 2.09. The van der Waals surface area contributed by atoms with Crippen molar-refractivity contribution in [3.05, 3.63) is 28.4 Å². The summed E-state index contributed by atoms with van der Waals surface area (Å²) in [5, 5.41) is 0.481. The van der Waals surface area contributed by atoms with Crippen LogP contribution in [-0.4, -0.2) is 27.1 Å². The van der Waals surface area contributed by atoms with Crippen molar-refractivity contribution < 1.29 is 9.53 Å². The van der Waals surface area contributed by atoms with Crippen molar-refractivity contribution in [1.82, 2.24) is 14.5 Å². The molecule has 90 valence electrons. The fourth-order valence-electron chi connectivity index (χ4n) is 1.63. The van der Waals surface area contributed by atoms with Crippen LogP contribution in [0.5, 0.6) is 0 Å². The predicted octanol–water partition coefficient (Wildman–Crippen LogP) is 0.596.